The van der Waals surface area contributed by atoms with Crippen molar-refractivity contribution in [3.05, 3.63) is 23.8 Å². The highest BCUT2D eigenvalue weighted by atomic mass is 16.5. The summed E-state index contributed by atoms with van der Waals surface area (Å²) in [5.74, 6) is 0.557. The smallest absolute Gasteiger partial charge is 0.201 e. The van der Waals surface area contributed by atoms with Crippen LogP contribution in [0.2, 0.25) is 0 Å². The van der Waals surface area contributed by atoms with Gasteiger partial charge < -0.3 is 15.0 Å². The van der Waals surface area contributed by atoms with Crippen LogP contribution in [0.5, 0.6) is 0 Å². The number of hydrogen-bond donors (Lipinski definition) is 1. The molecule has 0 aliphatic heterocycles. The van der Waals surface area contributed by atoms with Crippen molar-refractivity contribution in [3.63, 3.8) is 0 Å². The number of aryl methyl sites for hydroxylation is 1. The van der Waals surface area contributed by atoms with E-state index in [0.29, 0.717) is 12.6 Å². The van der Waals surface area contributed by atoms with Crippen LogP contribution < -0.4 is 5.73 Å². The largest absolute Gasteiger partial charge is 0.377 e. The Morgan fingerprint density at radius 3 is 2.88 bits per heavy atom. The minimum Gasteiger partial charge on any atom is -0.377 e. The zero-order valence-corrected chi connectivity index (χ0v) is 10.6. The molecule has 0 spiro atoms. The zero-order valence-electron chi connectivity index (χ0n) is 10.6. The van der Waals surface area contributed by atoms with Gasteiger partial charge in [-0.15, -0.1) is 0 Å². The standard InChI is InChI=1S/C13H19N3O/c1-9(2)17-8-7-16-12-10(3)5-4-6-11(12)15-13(16)14/h4-6,9H,7-8H2,1-3H3,(H2,14,15). The molecule has 92 valence electrons. The maximum Gasteiger partial charge on any atom is 0.201 e. The van der Waals surface area contributed by atoms with E-state index < -0.39 is 0 Å². The molecule has 0 saturated carbocycles. The van der Waals surface area contributed by atoms with Gasteiger partial charge in [0, 0.05) is 6.54 Å². The molecule has 0 bridgehead atoms. The minimum atomic E-state index is 0.243. The number of nitrogen functional groups attached to an aromatic ring is 1. The molecular weight excluding hydrogens is 214 g/mol. The highest BCUT2D eigenvalue weighted by Crippen LogP contribution is 2.21. The summed E-state index contributed by atoms with van der Waals surface area (Å²) in [6, 6.07) is 6.06. The fraction of sp³-hybridized carbons (Fsp3) is 0.462. The van der Waals surface area contributed by atoms with Gasteiger partial charge in [-0.3, -0.25) is 0 Å². The quantitative estimate of drug-likeness (QED) is 0.882. The summed E-state index contributed by atoms with van der Waals surface area (Å²) in [7, 11) is 0. The van der Waals surface area contributed by atoms with Crippen molar-refractivity contribution >= 4 is 17.0 Å². The normalized spacial score (nSPS) is 11.5. The minimum absolute atomic E-state index is 0.243. The first-order valence-electron chi connectivity index (χ1n) is 5.92. The van der Waals surface area contributed by atoms with Crippen molar-refractivity contribution in [2.45, 2.75) is 33.4 Å². The van der Waals surface area contributed by atoms with Crippen molar-refractivity contribution in [2.75, 3.05) is 12.3 Å². The van der Waals surface area contributed by atoms with E-state index in [2.05, 4.69) is 18.0 Å². The molecule has 1 heterocycles. The van der Waals surface area contributed by atoms with Gasteiger partial charge in [-0.05, 0) is 32.4 Å². The van der Waals surface area contributed by atoms with Crippen LogP contribution in [0.4, 0.5) is 5.95 Å². The molecule has 0 aliphatic rings. The first-order chi connectivity index (χ1) is 8.09. The van der Waals surface area contributed by atoms with Crippen LogP contribution in [0.15, 0.2) is 18.2 Å². The molecule has 0 amide bonds. The lowest BCUT2D eigenvalue weighted by Gasteiger charge is -2.10. The molecule has 1 aromatic heterocycles. The number of ether oxygens (including phenoxy) is 1. The van der Waals surface area contributed by atoms with E-state index in [9.17, 15) is 0 Å². The number of rotatable bonds is 4. The third-order valence-corrected chi connectivity index (χ3v) is 2.76. The number of para-hydroxylation sites is 1. The Labute approximate surface area is 101 Å². The summed E-state index contributed by atoms with van der Waals surface area (Å²) >= 11 is 0. The van der Waals surface area contributed by atoms with Crippen molar-refractivity contribution in [1.82, 2.24) is 9.55 Å². The molecule has 2 N–H and O–H groups in total. The van der Waals surface area contributed by atoms with Gasteiger partial charge in [0.25, 0.3) is 0 Å². The van der Waals surface area contributed by atoms with Crippen LogP contribution in [0.1, 0.15) is 19.4 Å². The Morgan fingerprint density at radius 1 is 1.41 bits per heavy atom. The molecule has 0 saturated heterocycles. The van der Waals surface area contributed by atoms with Gasteiger partial charge in [0.2, 0.25) is 5.95 Å². The molecular formula is C13H19N3O. The van der Waals surface area contributed by atoms with Crippen molar-refractivity contribution in [1.29, 1.82) is 0 Å². The molecule has 0 fully saturated rings. The molecule has 4 nitrogen and oxygen atoms in total. The Hall–Kier alpha value is -1.55. The van der Waals surface area contributed by atoms with E-state index >= 15 is 0 Å². The number of anilines is 1. The van der Waals surface area contributed by atoms with Crippen LogP contribution in [0, 0.1) is 6.92 Å². The summed E-state index contributed by atoms with van der Waals surface area (Å²) < 4.78 is 7.58. The molecule has 17 heavy (non-hydrogen) atoms. The highest BCUT2D eigenvalue weighted by Gasteiger charge is 2.09. The summed E-state index contributed by atoms with van der Waals surface area (Å²) in [4.78, 5) is 4.36. The lowest BCUT2D eigenvalue weighted by atomic mass is 10.2. The summed E-state index contributed by atoms with van der Waals surface area (Å²) in [6.07, 6.45) is 0.243. The summed E-state index contributed by atoms with van der Waals surface area (Å²) in [5.41, 5.74) is 9.19. The predicted molar refractivity (Wildman–Crippen MR) is 70.0 cm³/mol. The molecule has 2 aromatic rings. The van der Waals surface area contributed by atoms with Crippen LogP contribution in [0.3, 0.4) is 0 Å². The van der Waals surface area contributed by atoms with Crippen molar-refractivity contribution in [2.24, 2.45) is 0 Å². The first-order valence-corrected chi connectivity index (χ1v) is 5.92. The molecule has 0 aliphatic carbocycles. The molecule has 1 aromatic carbocycles. The fourth-order valence-electron chi connectivity index (χ4n) is 1.99. The second-order valence-corrected chi connectivity index (χ2v) is 4.48. The van der Waals surface area contributed by atoms with Gasteiger partial charge in [0.15, 0.2) is 0 Å². The number of fused-ring (bicyclic) bond motifs is 1. The average Bonchev–Trinajstić information content (AvgIpc) is 2.56. The summed E-state index contributed by atoms with van der Waals surface area (Å²) in [5, 5.41) is 0. The SMILES string of the molecule is Cc1cccc2nc(N)n(CCOC(C)C)c12. The Bertz CT molecular complexity index is 517. The van der Waals surface area contributed by atoms with Crippen LogP contribution >= 0.6 is 0 Å². The second kappa shape index (κ2) is 4.75. The number of hydrogen-bond acceptors (Lipinski definition) is 3. The maximum atomic E-state index is 5.94. The van der Waals surface area contributed by atoms with Gasteiger partial charge in [-0.1, -0.05) is 12.1 Å². The predicted octanol–water partition coefficient (Wildman–Crippen LogP) is 2.35. The van der Waals surface area contributed by atoms with Crippen LogP contribution in [-0.2, 0) is 11.3 Å². The van der Waals surface area contributed by atoms with Gasteiger partial charge in [0.05, 0.1) is 23.7 Å². The van der Waals surface area contributed by atoms with Crippen LogP contribution in [-0.4, -0.2) is 22.3 Å². The molecule has 2 rings (SSSR count). The van der Waals surface area contributed by atoms with E-state index in [4.69, 9.17) is 10.5 Å². The molecule has 4 heteroatoms. The number of imidazole rings is 1. The molecule has 0 radical (unpaired) electrons. The lowest BCUT2D eigenvalue weighted by molar-refractivity contribution is 0.0735. The highest BCUT2D eigenvalue weighted by molar-refractivity contribution is 5.81. The third-order valence-electron chi connectivity index (χ3n) is 2.76. The van der Waals surface area contributed by atoms with Crippen LogP contribution in [0.25, 0.3) is 11.0 Å². The Kier molecular flexibility index (Phi) is 3.33. The van der Waals surface area contributed by atoms with Gasteiger partial charge in [-0.25, -0.2) is 4.98 Å². The average molecular weight is 233 g/mol. The second-order valence-electron chi connectivity index (χ2n) is 4.48. The van der Waals surface area contributed by atoms with Gasteiger partial charge in [-0.2, -0.15) is 0 Å². The van der Waals surface area contributed by atoms with E-state index in [1.807, 2.05) is 30.5 Å². The zero-order chi connectivity index (χ0) is 12.4. The monoisotopic (exact) mass is 233 g/mol. The van der Waals surface area contributed by atoms with Gasteiger partial charge >= 0.3 is 0 Å². The summed E-state index contributed by atoms with van der Waals surface area (Å²) in [6.45, 7) is 7.53. The van der Waals surface area contributed by atoms with Gasteiger partial charge in [0.1, 0.15) is 0 Å². The Morgan fingerprint density at radius 2 is 2.18 bits per heavy atom. The number of nitrogens with zero attached hydrogens (tertiary/aromatic N) is 2. The number of nitrogens with two attached hydrogens (primary N) is 1. The van der Waals surface area contributed by atoms with E-state index in [1.165, 1.54) is 5.56 Å². The van der Waals surface area contributed by atoms with E-state index in [0.717, 1.165) is 17.6 Å². The Balaban J connectivity index is 2.29. The van der Waals surface area contributed by atoms with Crippen molar-refractivity contribution in [3.8, 4) is 0 Å². The molecule has 0 atom stereocenters. The first kappa shape index (κ1) is 11.9. The fourth-order valence-corrected chi connectivity index (χ4v) is 1.99. The molecule has 0 unspecified atom stereocenters. The third kappa shape index (κ3) is 2.42. The lowest BCUT2D eigenvalue weighted by Crippen LogP contribution is -2.12. The van der Waals surface area contributed by atoms with Crippen molar-refractivity contribution < 1.29 is 4.74 Å². The van der Waals surface area contributed by atoms with E-state index in [1.54, 1.807) is 0 Å². The number of benzene rings is 1. The topological polar surface area (TPSA) is 53.1 Å². The number of aromatic nitrogens is 2. The van der Waals surface area contributed by atoms with E-state index in [-0.39, 0.29) is 6.10 Å². The maximum absolute atomic E-state index is 5.94.